The molecule has 2 atom stereocenters. The minimum Gasteiger partial charge on any atom is -0.480 e. The van der Waals surface area contributed by atoms with Crippen LogP contribution in [-0.4, -0.2) is 27.9 Å². The zero-order valence-corrected chi connectivity index (χ0v) is 18.9. The number of carbonyl (C=O) groups is 2. The van der Waals surface area contributed by atoms with Gasteiger partial charge in [0.2, 0.25) is 0 Å². The zero-order chi connectivity index (χ0) is 22.8. The van der Waals surface area contributed by atoms with E-state index in [1.54, 1.807) is 6.07 Å². The average Bonchev–Trinajstić information content (AvgIpc) is 3.24. The first-order chi connectivity index (χ1) is 15.4. The summed E-state index contributed by atoms with van der Waals surface area (Å²) in [5.74, 6) is -1.15. The van der Waals surface area contributed by atoms with Gasteiger partial charge in [0.25, 0.3) is 5.91 Å². The topological polar surface area (TPSA) is 57.6 Å². The van der Waals surface area contributed by atoms with Crippen molar-refractivity contribution in [3.8, 4) is 11.1 Å². The fourth-order valence-corrected chi connectivity index (χ4v) is 4.93. The molecule has 4 rings (SSSR count). The lowest BCUT2D eigenvalue weighted by Crippen LogP contribution is -2.42. The highest BCUT2D eigenvalue weighted by molar-refractivity contribution is 6.31. The number of likely N-dealkylation sites (tertiary alicyclic amines) is 1. The smallest absolute Gasteiger partial charge is 0.326 e. The second kappa shape index (κ2) is 9.17. The summed E-state index contributed by atoms with van der Waals surface area (Å²) in [5.41, 5.74) is 4.01. The number of carbonyl (C=O) groups excluding carboxylic acids is 1. The summed E-state index contributed by atoms with van der Waals surface area (Å²) in [6, 6.07) is 21.7. The van der Waals surface area contributed by atoms with Crippen molar-refractivity contribution in [3.05, 3.63) is 94.5 Å². The van der Waals surface area contributed by atoms with Crippen LogP contribution in [0.25, 0.3) is 11.1 Å². The molecule has 5 heteroatoms. The molecular formula is C27H26ClNO3. The molecule has 32 heavy (non-hydrogen) atoms. The molecule has 4 nitrogen and oxygen atoms in total. The first kappa shape index (κ1) is 22.1. The molecule has 1 fully saturated rings. The third-order valence-corrected chi connectivity index (χ3v) is 6.53. The lowest BCUT2D eigenvalue weighted by molar-refractivity contribution is -0.141. The van der Waals surface area contributed by atoms with Crippen molar-refractivity contribution in [1.29, 1.82) is 0 Å². The van der Waals surface area contributed by atoms with Gasteiger partial charge in [-0.05, 0) is 47.1 Å². The zero-order valence-electron chi connectivity index (χ0n) is 18.2. The van der Waals surface area contributed by atoms with Crippen molar-refractivity contribution in [2.24, 2.45) is 0 Å². The Morgan fingerprint density at radius 2 is 1.62 bits per heavy atom. The maximum absolute atomic E-state index is 14.2. The van der Waals surface area contributed by atoms with Crippen molar-refractivity contribution in [2.45, 2.75) is 44.7 Å². The van der Waals surface area contributed by atoms with Gasteiger partial charge in [-0.1, -0.05) is 92.2 Å². The second-order valence-electron chi connectivity index (χ2n) is 8.47. The van der Waals surface area contributed by atoms with Crippen LogP contribution in [-0.2, 0) is 4.79 Å². The highest BCUT2D eigenvalue weighted by Gasteiger charge is 2.43. The molecule has 3 aromatic rings. The van der Waals surface area contributed by atoms with Gasteiger partial charge in [-0.2, -0.15) is 0 Å². The number of hydrogen-bond acceptors (Lipinski definition) is 2. The van der Waals surface area contributed by atoms with Crippen LogP contribution in [0.5, 0.6) is 0 Å². The molecule has 0 spiro atoms. The first-order valence-electron chi connectivity index (χ1n) is 10.9. The molecular weight excluding hydrogens is 422 g/mol. The van der Waals surface area contributed by atoms with Gasteiger partial charge >= 0.3 is 5.97 Å². The van der Waals surface area contributed by atoms with E-state index in [1.807, 2.05) is 80.6 Å². The Hall–Kier alpha value is -3.11. The van der Waals surface area contributed by atoms with E-state index in [0.29, 0.717) is 23.4 Å². The molecule has 3 aromatic carbocycles. The average molecular weight is 448 g/mol. The van der Waals surface area contributed by atoms with Crippen LogP contribution in [0.2, 0.25) is 5.02 Å². The minimum absolute atomic E-state index is 0.0993. The van der Waals surface area contributed by atoms with Crippen molar-refractivity contribution < 1.29 is 14.7 Å². The summed E-state index contributed by atoms with van der Waals surface area (Å²) < 4.78 is 0. The molecule has 1 aliphatic rings. The van der Waals surface area contributed by atoms with Crippen molar-refractivity contribution in [2.75, 3.05) is 0 Å². The molecule has 0 saturated carbocycles. The molecule has 1 heterocycles. The molecule has 1 aliphatic heterocycles. The van der Waals surface area contributed by atoms with Gasteiger partial charge < -0.3 is 10.0 Å². The molecule has 164 valence electrons. The van der Waals surface area contributed by atoms with Gasteiger partial charge in [-0.25, -0.2) is 4.79 Å². The molecule has 1 N–H and O–H groups in total. The van der Waals surface area contributed by atoms with Gasteiger partial charge in [-0.15, -0.1) is 0 Å². The number of carboxylic acids is 1. The number of halogens is 1. The van der Waals surface area contributed by atoms with Gasteiger partial charge in [0.1, 0.15) is 6.04 Å². The van der Waals surface area contributed by atoms with E-state index in [9.17, 15) is 14.7 Å². The third-order valence-electron chi connectivity index (χ3n) is 6.19. The van der Waals surface area contributed by atoms with Crippen LogP contribution in [0.15, 0.2) is 72.8 Å². The van der Waals surface area contributed by atoms with E-state index < -0.39 is 12.0 Å². The molecule has 0 bridgehead atoms. The monoisotopic (exact) mass is 447 g/mol. The molecule has 1 saturated heterocycles. The highest BCUT2D eigenvalue weighted by Crippen LogP contribution is 2.42. The standard InChI is InChI=1S/C27H26ClNO3/c1-17(2)19-12-8-13-20(18-9-4-3-5-10-18)25(19)26(30)29-23(15-16-24(29)27(31)32)21-11-6-7-14-22(21)28/h3-14,17,23-24H,15-16H2,1-2H3,(H,31,32). The number of hydrogen-bond donors (Lipinski definition) is 1. The van der Waals surface area contributed by atoms with E-state index in [-0.39, 0.29) is 17.9 Å². The van der Waals surface area contributed by atoms with Gasteiger partial charge in [0, 0.05) is 5.02 Å². The quantitative estimate of drug-likeness (QED) is 0.481. The van der Waals surface area contributed by atoms with Crippen LogP contribution in [0.3, 0.4) is 0 Å². The lowest BCUT2D eigenvalue weighted by atomic mass is 9.89. The number of benzene rings is 3. The number of amides is 1. The third kappa shape index (κ3) is 4.03. The molecule has 0 aromatic heterocycles. The molecule has 2 unspecified atom stereocenters. The van der Waals surface area contributed by atoms with Crippen molar-refractivity contribution in [3.63, 3.8) is 0 Å². The van der Waals surface area contributed by atoms with E-state index in [4.69, 9.17) is 11.6 Å². The highest BCUT2D eigenvalue weighted by atomic mass is 35.5. The Labute approximate surface area is 193 Å². The minimum atomic E-state index is -0.990. The summed E-state index contributed by atoms with van der Waals surface area (Å²) in [6.45, 7) is 4.09. The van der Waals surface area contributed by atoms with Crippen LogP contribution in [0.4, 0.5) is 0 Å². The second-order valence-corrected chi connectivity index (χ2v) is 8.88. The summed E-state index contributed by atoms with van der Waals surface area (Å²) >= 11 is 6.47. The number of nitrogens with zero attached hydrogens (tertiary/aromatic N) is 1. The van der Waals surface area contributed by atoms with Crippen molar-refractivity contribution >= 4 is 23.5 Å². The summed E-state index contributed by atoms with van der Waals surface area (Å²) in [5, 5.41) is 10.5. The van der Waals surface area contributed by atoms with Crippen LogP contribution < -0.4 is 0 Å². The summed E-state index contributed by atoms with van der Waals surface area (Å²) in [6.07, 6.45) is 0.943. The SMILES string of the molecule is CC(C)c1cccc(-c2ccccc2)c1C(=O)N1C(C(=O)O)CCC1c1ccccc1Cl. The largest absolute Gasteiger partial charge is 0.480 e. The van der Waals surface area contributed by atoms with Gasteiger partial charge in [-0.3, -0.25) is 4.79 Å². The Bertz CT molecular complexity index is 1140. The normalized spacial score (nSPS) is 18.2. The maximum atomic E-state index is 14.2. The molecule has 0 radical (unpaired) electrons. The predicted molar refractivity (Wildman–Crippen MR) is 127 cm³/mol. The van der Waals surface area contributed by atoms with E-state index in [1.165, 1.54) is 4.90 Å². The van der Waals surface area contributed by atoms with Crippen LogP contribution >= 0.6 is 11.6 Å². The first-order valence-corrected chi connectivity index (χ1v) is 11.3. The van der Waals surface area contributed by atoms with Gasteiger partial charge in [0.15, 0.2) is 0 Å². The summed E-state index contributed by atoms with van der Waals surface area (Å²) in [4.78, 5) is 27.9. The van der Waals surface area contributed by atoms with Crippen molar-refractivity contribution in [1.82, 2.24) is 4.90 Å². The van der Waals surface area contributed by atoms with E-state index >= 15 is 0 Å². The Morgan fingerprint density at radius 3 is 2.28 bits per heavy atom. The fraction of sp³-hybridized carbons (Fsp3) is 0.259. The fourth-order valence-electron chi connectivity index (χ4n) is 4.66. The number of rotatable bonds is 5. The van der Waals surface area contributed by atoms with Gasteiger partial charge in [0.05, 0.1) is 11.6 Å². The van der Waals surface area contributed by atoms with Crippen LogP contribution in [0, 0.1) is 0 Å². The molecule has 0 aliphatic carbocycles. The molecule has 1 amide bonds. The summed E-state index contributed by atoms with van der Waals surface area (Å²) in [7, 11) is 0. The number of carboxylic acid groups (broad SMARTS) is 1. The number of aliphatic carboxylic acids is 1. The Morgan fingerprint density at radius 1 is 0.938 bits per heavy atom. The van der Waals surface area contributed by atoms with E-state index in [0.717, 1.165) is 22.3 Å². The van der Waals surface area contributed by atoms with Crippen LogP contribution in [0.1, 0.15) is 60.1 Å². The Balaban J connectivity index is 1.89. The predicted octanol–water partition coefficient (Wildman–Crippen LogP) is 6.56. The lowest BCUT2D eigenvalue weighted by Gasteiger charge is -2.31. The Kier molecular flexibility index (Phi) is 6.33. The maximum Gasteiger partial charge on any atom is 0.326 e. The van der Waals surface area contributed by atoms with E-state index in [2.05, 4.69) is 0 Å².